The molecule has 102 valence electrons. The minimum atomic E-state index is -2.48. The number of aryl methyl sites for hydroxylation is 1. The van der Waals surface area contributed by atoms with Gasteiger partial charge in [-0.3, -0.25) is 11.3 Å². The minimum absolute atomic E-state index is 0.134. The van der Waals surface area contributed by atoms with Crippen LogP contribution in [0.5, 0.6) is 0 Å². The molecule has 0 heterocycles. The normalized spacial score (nSPS) is 13.0. The van der Waals surface area contributed by atoms with Crippen molar-refractivity contribution in [3.05, 3.63) is 35.1 Å². The van der Waals surface area contributed by atoms with Gasteiger partial charge in [-0.2, -0.15) is 0 Å². The number of hydrogen-bond donors (Lipinski definition) is 2. The van der Waals surface area contributed by atoms with Crippen LogP contribution >= 0.6 is 0 Å². The van der Waals surface area contributed by atoms with E-state index in [4.69, 9.17) is 10.6 Å². The van der Waals surface area contributed by atoms with Crippen LogP contribution < -0.4 is 11.3 Å². The summed E-state index contributed by atoms with van der Waals surface area (Å²) in [6.07, 6.45) is -2.09. The van der Waals surface area contributed by atoms with Crippen molar-refractivity contribution < 1.29 is 17.9 Å². The first kappa shape index (κ1) is 14.9. The molecule has 0 aliphatic heterocycles. The van der Waals surface area contributed by atoms with Crippen molar-refractivity contribution in [2.24, 2.45) is 5.84 Å². The number of alkyl halides is 2. The number of hydrazine groups is 1. The fourth-order valence-corrected chi connectivity index (χ4v) is 1.69. The lowest BCUT2D eigenvalue weighted by molar-refractivity contribution is 0.0143. The lowest BCUT2D eigenvalue weighted by Gasteiger charge is -2.17. The van der Waals surface area contributed by atoms with Gasteiger partial charge in [-0.15, -0.1) is 0 Å². The molecule has 0 amide bonds. The molecule has 1 rings (SSSR count). The predicted molar refractivity (Wildman–Crippen MR) is 62.6 cm³/mol. The zero-order valence-electron chi connectivity index (χ0n) is 10.1. The van der Waals surface area contributed by atoms with Gasteiger partial charge in [0.1, 0.15) is 12.4 Å². The average Bonchev–Trinajstić information content (AvgIpc) is 2.27. The van der Waals surface area contributed by atoms with E-state index >= 15 is 0 Å². The molecule has 18 heavy (non-hydrogen) atoms. The summed E-state index contributed by atoms with van der Waals surface area (Å²) in [4.78, 5) is 0. The SMILES string of the molecule is Cc1cc(F)cc(C(CCOCC(F)F)NN)c1. The second-order valence-corrected chi connectivity index (χ2v) is 4.04. The Kier molecular flexibility index (Phi) is 6.11. The highest BCUT2D eigenvalue weighted by Gasteiger charge is 2.12. The molecule has 0 radical (unpaired) electrons. The van der Waals surface area contributed by atoms with E-state index in [9.17, 15) is 13.2 Å². The molecule has 0 fully saturated rings. The second-order valence-electron chi connectivity index (χ2n) is 4.04. The summed E-state index contributed by atoms with van der Waals surface area (Å²) in [6.45, 7) is 1.31. The van der Waals surface area contributed by atoms with E-state index in [1.807, 2.05) is 0 Å². The van der Waals surface area contributed by atoms with Gasteiger partial charge in [0.25, 0.3) is 6.43 Å². The summed E-state index contributed by atoms with van der Waals surface area (Å²) < 4.78 is 41.7. The van der Waals surface area contributed by atoms with Crippen LogP contribution in [0.4, 0.5) is 13.2 Å². The molecule has 0 saturated carbocycles. The molecular weight excluding hydrogens is 245 g/mol. The third-order valence-corrected chi connectivity index (χ3v) is 2.46. The first-order chi connectivity index (χ1) is 8.52. The van der Waals surface area contributed by atoms with Crippen molar-refractivity contribution in [3.63, 3.8) is 0 Å². The van der Waals surface area contributed by atoms with Crippen molar-refractivity contribution in [3.8, 4) is 0 Å². The highest BCUT2D eigenvalue weighted by molar-refractivity contribution is 5.26. The molecule has 6 heteroatoms. The lowest BCUT2D eigenvalue weighted by atomic mass is 10.0. The molecule has 0 bridgehead atoms. The number of benzene rings is 1. The van der Waals surface area contributed by atoms with E-state index in [2.05, 4.69) is 5.43 Å². The molecule has 1 atom stereocenters. The van der Waals surface area contributed by atoms with Gasteiger partial charge in [-0.25, -0.2) is 13.2 Å². The summed E-state index contributed by atoms with van der Waals surface area (Å²) in [7, 11) is 0. The monoisotopic (exact) mass is 262 g/mol. The Hall–Kier alpha value is -1.11. The maximum atomic E-state index is 13.2. The Morgan fingerprint density at radius 1 is 1.33 bits per heavy atom. The van der Waals surface area contributed by atoms with Gasteiger partial charge in [0.15, 0.2) is 0 Å². The molecule has 3 nitrogen and oxygen atoms in total. The molecule has 0 saturated heterocycles. The van der Waals surface area contributed by atoms with Gasteiger partial charge >= 0.3 is 0 Å². The Balaban J connectivity index is 2.54. The zero-order chi connectivity index (χ0) is 13.5. The van der Waals surface area contributed by atoms with Crippen LogP contribution in [0, 0.1) is 12.7 Å². The zero-order valence-corrected chi connectivity index (χ0v) is 10.1. The van der Waals surface area contributed by atoms with Crippen molar-refractivity contribution in [1.82, 2.24) is 5.43 Å². The quantitative estimate of drug-likeness (QED) is 0.450. The van der Waals surface area contributed by atoms with Crippen molar-refractivity contribution in [2.45, 2.75) is 25.8 Å². The van der Waals surface area contributed by atoms with E-state index in [1.165, 1.54) is 12.1 Å². The molecule has 3 N–H and O–H groups in total. The summed E-state index contributed by atoms with van der Waals surface area (Å²) in [5.41, 5.74) is 3.98. The first-order valence-electron chi connectivity index (χ1n) is 5.62. The molecule has 1 aromatic rings. The van der Waals surface area contributed by atoms with Gasteiger partial charge in [-0.1, -0.05) is 6.07 Å². The van der Waals surface area contributed by atoms with Crippen molar-refractivity contribution in [1.29, 1.82) is 0 Å². The Labute approximate surface area is 104 Å². The highest BCUT2D eigenvalue weighted by Crippen LogP contribution is 2.19. The van der Waals surface area contributed by atoms with Gasteiger partial charge in [0.05, 0.1) is 0 Å². The molecule has 0 aromatic heterocycles. The fourth-order valence-electron chi connectivity index (χ4n) is 1.69. The van der Waals surface area contributed by atoms with Crippen LogP contribution in [0.1, 0.15) is 23.6 Å². The van der Waals surface area contributed by atoms with E-state index in [0.717, 1.165) is 5.56 Å². The first-order valence-corrected chi connectivity index (χ1v) is 5.62. The number of halogens is 3. The topological polar surface area (TPSA) is 47.3 Å². The Morgan fingerprint density at radius 3 is 2.61 bits per heavy atom. The molecule has 1 unspecified atom stereocenters. The largest absolute Gasteiger partial charge is 0.375 e. The van der Waals surface area contributed by atoms with Crippen molar-refractivity contribution in [2.75, 3.05) is 13.2 Å². The second kappa shape index (κ2) is 7.35. The summed E-state index contributed by atoms with van der Waals surface area (Å²) >= 11 is 0. The highest BCUT2D eigenvalue weighted by atomic mass is 19.3. The number of hydrogen-bond acceptors (Lipinski definition) is 3. The summed E-state index contributed by atoms with van der Waals surface area (Å²) in [6, 6.07) is 4.24. The summed E-state index contributed by atoms with van der Waals surface area (Å²) in [5, 5.41) is 0. The van der Waals surface area contributed by atoms with Gasteiger partial charge < -0.3 is 4.74 Å². The van der Waals surface area contributed by atoms with Crippen molar-refractivity contribution >= 4 is 0 Å². The number of ether oxygens (including phenoxy) is 1. The maximum Gasteiger partial charge on any atom is 0.261 e. The lowest BCUT2D eigenvalue weighted by Crippen LogP contribution is -2.29. The number of rotatable bonds is 7. The predicted octanol–water partition coefficient (Wildman–Crippen LogP) is 2.31. The van der Waals surface area contributed by atoms with E-state index in [1.54, 1.807) is 13.0 Å². The Bertz CT molecular complexity index is 354. The van der Waals surface area contributed by atoms with E-state index < -0.39 is 13.0 Å². The number of nitrogens with one attached hydrogen (secondary N) is 1. The third kappa shape index (κ3) is 5.03. The van der Waals surface area contributed by atoms with Crippen LogP contribution in [0.3, 0.4) is 0 Å². The van der Waals surface area contributed by atoms with Gasteiger partial charge in [0.2, 0.25) is 0 Å². The van der Waals surface area contributed by atoms with E-state index in [-0.39, 0.29) is 18.5 Å². The maximum absolute atomic E-state index is 13.2. The number of nitrogens with two attached hydrogens (primary N) is 1. The molecule has 0 aliphatic carbocycles. The Morgan fingerprint density at radius 2 is 2.06 bits per heavy atom. The average molecular weight is 262 g/mol. The smallest absolute Gasteiger partial charge is 0.261 e. The molecule has 0 spiro atoms. The van der Waals surface area contributed by atoms with Gasteiger partial charge in [0, 0.05) is 12.6 Å². The standard InChI is InChI=1S/C12H17F3N2O/c1-8-4-9(6-10(13)5-8)11(17-16)2-3-18-7-12(14)15/h4-6,11-12,17H,2-3,7,16H2,1H3. The minimum Gasteiger partial charge on any atom is -0.375 e. The fraction of sp³-hybridized carbons (Fsp3) is 0.500. The van der Waals surface area contributed by atoms with Crippen LogP contribution in [0.15, 0.2) is 18.2 Å². The van der Waals surface area contributed by atoms with E-state index in [0.29, 0.717) is 12.0 Å². The molecular formula is C12H17F3N2O. The van der Waals surface area contributed by atoms with Crippen LogP contribution in [0.25, 0.3) is 0 Å². The van der Waals surface area contributed by atoms with Crippen LogP contribution in [-0.4, -0.2) is 19.6 Å². The van der Waals surface area contributed by atoms with Crippen LogP contribution in [-0.2, 0) is 4.74 Å². The third-order valence-electron chi connectivity index (χ3n) is 2.46. The van der Waals surface area contributed by atoms with Gasteiger partial charge in [-0.05, 0) is 36.6 Å². The summed E-state index contributed by atoms with van der Waals surface area (Å²) in [5.74, 6) is 5.02. The van der Waals surface area contributed by atoms with Crippen LogP contribution in [0.2, 0.25) is 0 Å². The molecule has 0 aliphatic rings. The molecule has 1 aromatic carbocycles.